The van der Waals surface area contributed by atoms with Crippen LogP contribution in [0.2, 0.25) is 0 Å². The molecule has 7 heteroatoms. The van der Waals surface area contributed by atoms with Crippen LogP contribution in [0.15, 0.2) is 53.4 Å². The smallest absolute Gasteiger partial charge is 0.198 e. The molecule has 2 unspecified atom stereocenters. The summed E-state index contributed by atoms with van der Waals surface area (Å²) in [6, 6.07) is 11.3. The molecule has 5 rings (SSSR count). The molecule has 0 saturated carbocycles. The topological polar surface area (TPSA) is 58.6 Å². The van der Waals surface area contributed by atoms with Gasteiger partial charge in [-0.2, -0.15) is 0 Å². The maximum absolute atomic E-state index is 6.00. The first-order chi connectivity index (χ1) is 16.2. The average molecular weight is 451 g/mol. The predicted molar refractivity (Wildman–Crippen MR) is 130 cm³/mol. The molecule has 3 fully saturated rings. The van der Waals surface area contributed by atoms with E-state index in [2.05, 4.69) is 69.6 Å². The van der Waals surface area contributed by atoms with Crippen molar-refractivity contribution in [1.29, 1.82) is 0 Å². The van der Waals surface area contributed by atoms with Gasteiger partial charge in [-0.1, -0.05) is 36.4 Å². The molecule has 0 aliphatic carbocycles. The van der Waals surface area contributed by atoms with Gasteiger partial charge in [-0.3, -0.25) is 4.90 Å². The third-order valence-corrected chi connectivity index (χ3v) is 7.96. The van der Waals surface area contributed by atoms with Crippen LogP contribution in [0.25, 0.3) is 6.08 Å². The van der Waals surface area contributed by atoms with Crippen molar-refractivity contribution in [3.8, 4) is 0 Å². The lowest BCUT2D eigenvalue weighted by Crippen LogP contribution is -2.74. The van der Waals surface area contributed by atoms with E-state index >= 15 is 0 Å². The Hall–Kier alpha value is -2.03. The highest BCUT2D eigenvalue weighted by molar-refractivity contribution is 5.48. The first-order valence-electron chi connectivity index (χ1n) is 12.5. The van der Waals surface area contributed by atoms with E-state index in [1.807, 2.05) is 6.20 Å². The second kappa shape index (κ2) is 10.1. The molecule has 0 amide bonds. The second-order valence-electron chi connectivity index (χ2n) is 9.93. The molecule has 1 radical (unpaired) electrons. The minimum absolute atomic E-state index is 0.430. The first-order valence-corrected chi connectivity index (χ1v) is 12.5. The molecule has 2 atom stereocenters. The van der Waals surface area contributed by atoms with E-state index in [9.17, 15) is 0 Å². The van der Waals surface area contributed by atoms with Gasteiger partial charge in [-0.15, -0.1) is 0 Å². The van der Waals surface area contributed by atoms with E-state index in [0.717, 1.165) is 62.6 Å². The summed E-state index contributed by atoms with van der Waals surface area (Å²) in [6.07, 6.45) is 10.7. The quantitative estimate of drug-likeness (QED) is 0.682. The highest BCUT2D eigenvalue weighted by atomic mass is 16.3. The van der Waals surface area contributed by atoms with Gasteiger partial charge in [0.15, 0.2) is 17.8 Å². The van der Waals surface area contributed by atoms with Crippen molar-refractivity contribution in [2.45, 2.75) is 24.5 Å². The SMILES string of the molecule is CN1CCC([N+]2(CC=Cc3ccccc3)CC[N]C(c3cnco3)(N3CCNCC3)C2)CC1. The van der Waals surface area contributed by atoms with E-state index in [4.69, 9.17) is 9.73 Å². The summed E-state index contributed by atoms with van der Waals surface area (Å²) in [7, 11) is 2.25. The fourth-order valence-corrected chi connectivity index (χ4v) is 6.08. The highest BCUT2D eigenvalue weighted by Crippen LogP contribution is 2.37. The Labute approximate surface area is 198 Å². The number of piperazine rings is 2. The van der Waals surface area contributed by atoms with Crippen LogP contribution in [0, 0.1) is 0 Å². The summed E-state index contributed by atoms with van der Waals surface area (Å²) in [5.41, 5.74) is 0.838. The maximum atomic E-state index is 6.00. The van der Waals surface area contributed by atoms with Crippen molar-refractivity contribution in [2.24, 2.45) is 0 Å². The Balaban J connectivity index is 1.48. The third-order valence-electron chi connectivity index (χ3n) is 7.96. The molecule has 1 N–H and O–H groups in total. The summed E-state index contributed by atoms with van der Waals surface area (Å²) in [5.74, 6) is 0.909. The Bertz CT molecular complexity index is 889. The summed E-state index contributed by atoms with van der Waals surface area (Å²) in [6.45, 7) is 10.2. The van der Waals surface area contributed by atoms with E-state index < -0.39 is 5.66 Å². The van der Waals surface area contributed by atoms with Crippen LogP contribution in [-0.2, 0) is 5.66 Å². The number of quaternary nitrogens is 1. The number of oxazole rings is 1. The number of nitrogens with zero attached hydrogens (tertiary/aromatic N) is 5. The predicted octanol–water partition coefficient (Wildman–Crippen LogP) is 1.98. The van der Waals surface area contributed by atoms with E-state index in [-0.39, 0.29) is 0 Å². The van der Waals surface area contributed by atoms with Gasteiger partial charge in [0.2, 0.25) is 0 Å². The Morgan fingerprint density at radius 2 is 1.94 bits per heavy atom. The van der Waals surface area contributed by atoms with Crippen molar-refractivity contribution in [3.05, 3.63) is 60.3 Å². The van der Waals surface area contributed by atoms with Gasteiger partial charge in [0.05, 0.1) is 31.9 Å². The van der Waals surface area contributed by atoms with Crippen LogP contribution >= 0.6 is 0 Å². The zero-order valence-corrected chi connectivity index (χ0v) is 19.9. The van der Waals surface area contributed by atoms with Gasteiger partial charge in [0, 0.05) is 52.1 Å². The van der Waals surface area contributed by atoms with Crippen LogP contribution in [0.4, 0.5) is 0 Å². The largest absolute Gasteiger partial charge is 0.445 e. The first kappa shape index (κ1) is 22.7. The molecule has 0 spiro atoms. The number of aromatic nitrogens is 1. The minimum Gasteiger partial charge on any atom is -0.445 e. The zero-order chi connectivity index (χ0) is 22.6. The molecule has 0 bridgehead atoms. The van der Waals surface area contributed by atoms with Crippen molar-refractivity contribution < 1.29 is 8.90 Å². The Morgan fingerprint density at radius 3 is 2.67 bits per heavy atom. The Morgan fingerprint density at radius 1 is 1.15 bits per heavy atom. The fraction of sp³-hybridized carbons (Fsp3) is 0.577. The van der Waals surface area contributed by atoms with Gasteiger partial charge < -0.3 is 19.1 Å². The number of rotatable bonds is 6. The van der Waals surface area contributed by atoms with E-state index in [1.54, 1.807) is 6.39 Å². The van der Waals surface area contributed by atoms with Crippen molar-refractivity contribution in [1.82, 2.24) is 25.4 Å². The number of likely N-dealkylation sites (tertiary alicyclic amines) is 1. The van der Waals surface area contributed by atoms with Crippen molar-refractivity contribution >= 4 is 6.08 Å². The van der Waals surface area contributed by atoms with Crippen LogP contribution in [0.1, 0.15) is 24.2 Å². The van der Waals surface area contributed by atoms with Gasteiger partial charge in [0.25, 0.3) is 0 Å². The molecule has 33 heavy (non-hydrogen) atoms. The average Bonchev–Trinajstić information content (AvgIpc) is 3.42. The molecule has 1 aromatic heterocycles. The van der Waals surface area contributed by atoms with Crippen LogP contribution < -0.4 is 10.6 Å². The summed E-state index contributed by atoms with van der Waals surface area (Å²) < 4.78 is 7.07. The second-order valence-corrected chi connectivity index (χ2v) is 9.93. The molecule has 7 nitrogen and oxygen atoms in total. The van der Waals surface area contributed by atoms with E-state index in [1.165, 1.54) is 31.5 Å². The van der Waals surface area contributed by atoms with Crippen LogP contribution in [0.3, 0.4) is 0 Å². The van der Waals surface area contributed by atoms with Crippen molar-refractivity contribution in [3.63, 3.8) is 0 Å². The lowest BCUT2D eigenvalue weighted by atomic mass is 9.92. The normalized spacial score (nSPS) is 30.7. The van der Waals surface area contributed by atoms with E-state index in [0.29, 0.717) is 6.04 Å². The lowest BCUT2D eigenvalue weighted by Gasteiger charge is -2.56. The minimum atomic E-state index is -0.430. The number of piperidine rings is 1. The van der Waals surface area contributed by atoms with Crippen LogP contribution in [0.5, 0.6) is 0 Å². The molecular formula is C26H38N6O+. The fourth-order valence-electron chi connectivity index (χ4n) is 6.08. The molecule has 3 aliphatic rings. The number of benzene rings is 1. The molecule has 3 saturated heterocycles. The molecule has 1 aromatic carbocycles. The number of hydrogen-bond acceptors (Lipinski definition) is 5. The number of nitrogens with one attached hydrogen (secondary N) is 1. The number of hydrogen-bond donors (Lipinski definition) is 1. The summed E-state index contributed by atoms with van der Waals surface area (Å²) >= 11 is 0. The van der Waals surface area contributed by atoms with Gasteiger partial charge >= 0.3 is 0 Å². The highest BCUT2D eigenvalue weighted by Gasteiger charge is 2.55. The van der Waals surface area contributed by atoms with Crippen LogP contribution in [-0.4, -0.2) is 97.8 Å². The summed E-state index contributed by atoms with van der Waals surface area (Å²) in [4.78, 5) is 9.33. The molecule has 177 valence electrons. The molecule has 2 aromatic rings. The lowest BCUT2D eigenvalue weighted by molar-refractivity contribution is -0.957. The zero-order valence-electron chi connectivity index (χ0n) is 19.9. The molecular weight excluding hydrogens is 412 g/mol. The third kappa shape index (κ3) is 4.79. The Kier molecular flexibility index (Phi) is 6.94. The monoisotopic (exact) mass is 450 g/mol. The molecule has 3 aliphatic heterocycles. The van der Waals surface area contributed by atoms with Crippen molar-refractivity contribution in [2.75, 3.05) is 72.5 Å². The molecule has 4 heterocycles. The van der Waals surface area contributed by atoms with Gasteiger partial charge in [-0.05, 0) is 18.7 Å². The summed E-state index contributed by atoms with van der Waals surface area (Å²) in [5, 5.41) is 8.82. The maximum Gasteiger partial charge on any atom is 0.198 e. The van der Waals surface area contributed by atoms with Gasteiger partial charge in [-0.25, -0.2) is 10.3 Å². The van der Waals surface area contributed by atoms with Gasteiger partial charge in [0.1, 0.15) is 6.54 Å². The standard InChI is InChI=1S/C26H38N6O/c1-30-14-9-24(10-15-30)32(18-5-8-23-6-3-2-4-7-23)19-13-29-26(21-32,25-20-28-22-33-25)31-16-11-27-12-17-31/h2-8,20,22,24,27H,9-19,21H2,1H3/q+1.